The highest BCUT2D eigenvalue weighted by Gasteiger charge is 2.24. The van der Waals surface area contributed by atoms with Crippen molar-refractivity contribution in [3.63, 3.8) is 0 Å². The van der Waals surface area contributed by atoms with Crippen LogP contribution in [-0.4, -0.2) is 12.4 Å². The summed E-state index contributed by atoms with van der Waals surface area (Å²) in [5.41, 5.74) is 6.65. The summed E-state index contributed by atoms with van der Waals surface area (Å²) in [5, 5.41) is 0. The summed E-state index contributed by atoms with van der Waals surface area (Å²) in [6.45, 7) is 0.107. The molecule has 0 radical (unpaired) electrons. The average Bonchev–Trinajstić information content (AvgIpc) is 2.41. The third-order valence-electron chi connectivity index (χ3n) is 1.79. The number of carbonyl (C=O) groups excluding carboxylic acids is 1. The number of nitrogens with two attached hydrogens (primary N) is 1. The Morgan fingerprint density at radius 1 is 1.50 bits per heavy atom. The molecule has 1 heterocycles. The quantitative estimate of drug-likeness (QED) is 0.686. The SMILES string of the molecule is Nc1c(Br)ccc2c1C(=O)CO2. The van der Waals surface area contributed by atoms with E-state index in [2.05, 4.69) is 15.9 Å². The highest BCUT2D eigenvalue weighted by molar-refractivity contribution is 9.10. The molecule has 0 spiro atoms. The first-order valence-electron chi connectivity index (χ1n) is 3.44. The maximum atomic E-state index is 11.2. The van der Waals surface area contributed by atoms with E-state index in [1.54, 1.807) is 12.1 Å². The monoisotopic (exact) mass is 227 g/mol. The van der Waals surface area contributed by atoms with E-state index in [0.29, 0.717) is 17.0 Å². The number of hydrogen-bond acceptors (Lipinski definition) is 3. The van der Waals surface area contributed by atoms with Crippen LogP contribution in [0.4, 0.5) is 5.69 Å². The van der Waals surface area contributed by atoms with E-state index < -0.39 is 0 Å². The highest BCUT2D eigenvalue weighted by Crippen LogP contribution is 2.34. The number of Topliss-reactive ketones (excluding diaryl/α,β-unsaturated/α-hetero) is 1. The van der Waals surface area contributed by atoms with Crippen molar-refractivity contribution in [3.05, 3.63) is 22.2 Å². The van der Waals surface area contributed by atoms with Crippen LogP contribution < -0.4 is 10.5 Å². The second-order valence-electron chi connectivity index (χ2n) is 2.55. The number of anilines is 1. The molecule has 0 aromatic heterocycles. The van der Waals surface area contributed by atoms with Crippen molar-refractivity contribution in [1.29, 1.82) is 0 Å². The molecular weight excluding hydrogens is 222 g/mol. The molecule has 0 aliphatic carbocycles. The largest absolute Gasteiger partial charge is 0.485 e. The summed E-state index contributed by atoms with van der Waals surface area (Å²) in [6.07, 6.45) is 0. The molecule has 3 nitrogen and oxygen atoms in total. The van der Waals surface area contributed by atoms with Gasteiger partial charge in [0.05, 0.1) is 11.3 Å². The lowest BCUT2D eigenvalue weighted by molar-refractivity contribution is 0.0961. The summed E-state index contributed by atoms with van der Waals surface area (Å²) in [4.78, 5) is 11.2. The molecule has 2 rings (SSSR count). The number of hydrogen-bond donors (Lipinski definition) is 1. The molecule has 0 amide bonds. The topological polar surface area (TPSA) is 52.3 Å². The van der Waals surface area contributed by atoms with E-state index in [0.717, 1.165) is 4.47 Å². The highest BCUT2D eigenvalue weighted by atomic mass is 79.9. The third-order valence-corrected chi connectivity index (χ3v) is 2.48. The minimum Gasteiger partial charge on any atom is -0.485 e. The van der Waals surface area contributed by atoms with Crippen LogP contribution in [0.1, 0.15) is 10.4 Å². The average molecular weight is 228 g/mol. The van der Waals surface area contributed by atoms with Crippen LogP contribution in [0.15, 0.2) is 16.6 Å². The molecule has 0 fully saturated rings. The summed E-state index contributed by atoms with van der Waals surface area (Å²) in [5.74, 6) is 0.532. The van der Waals surface area contributed by atoms with Crippen molar-refractivity contribution in [2.45, 2.75) is 0 Å². The molecule has 12 heavy (non-hydrogen) atoms. The Balaban J connectivity index is 2.71. The lowest BCUT2D eigenvalue weighted by Crippen LogP contribution is -2.02. The fourth-order valence-corrected chi connectivity index (χ4v) is 1.53. The van der Waals surface area contributed by atoms with Gasteiger partial charge in [-0.1, -0.05) is 0 Å². The minimum atomic E-state index is -0.0520. The molecule has 1 aliphatic rings. The van der Waals surface area contributed by atoms with Crippen molar-refractivity contribution < 1.29 is 9.53 Å². The Kier molecular flexibility index (Phi) is 1.58. The molecular formula is C8H6BrNO2. The van der Waals surface area contributed by atoms with Crippen LogP contribution >= 0.6 is 15.9 Å². The predicted molar refractivity (Wildman–Crippen MR) is 48.4 cm³/mol. The first kappa shape index (κ1) is 7.61. The zero-order valence-corrected chi connectivity index (χ0v) is 7.72. The molecule has 0 atom stereocenters. The van der Waals surface area contributed by atoms with E-state index in [4.69, 9.17) is 10.5 Å². The van der Waals surface area contributed by atoms with Crippen molar-refractivity contribution in [2.75, 3.05) is 12.3 Å². The molecule has 1 aromatic carbocycles. The number of carbonyl (C=O) groups is 1. The van der Waals surface area contributed by atoms with Crippen LogP contribution in [0.3, 0.4) is 0 Å². The van der Waals surface area contributed by atoms with Crippen molar-refractivity contribution in [2.24, 2.45) is 0 Å². The van der Waals surface area contributed by atoms with Gasteiger partial charge in [0.1, 0.15) is 5.75 Å². The van der Waals surface area contributed by atoms with Crippen LogP contribution in [0.2, 0.25) is 0 Å². The minimum absolute atomic E-state index is 0.0520. The van der Waals surface area contributed by atoms with Gasteiger partial charge in [-0.3, -0.25) is 4.79 Å². The summed E-state index contributed by atoms with van der Waals surface area (Å²) < 4.78 is 5.83. The number of ether oxygens (including phenoxy) is 1. The number of nitrogen functional groups attached to an aromatic ring is 1. The normalized spacial score (nSPS) is 14.2. The van der Waals surface area contributed by atoms with Gasteiger partial charge in [0.25, 0.3) is 0 Å². The Labute approximate surface area is 77.6 Å². The number of fused-ring (bicyclic) bond motifs is 1. The number of benzene rings is 1. The molecule has 62 valence electrons. The lowest BCUT2D eigenvalue weighted by Gasteiger charge is -2.01. The van der Waals surface area contributed by atoms with Gasteiger partial charge in [0.2, 0.25) is 5.78 Å². The Hall–Kier alpha value is -1.03. The fraction of sp³-hybridized carbons (Fsp3) is 0.125. The Morgan fingerprint density at radius 2 is 2.25 bits per heavy atom. The molecule has 0 saturated heterocycles. The van der Waals surface area contributed by atoms with Crippen LogP contribution in [-0.2, 0) is 0 Å². The van der Waals surface area contributed by atoms with E-state index >= 15 is 0 Å². The van der Waals surface area contributed by atoms with Gasteiger partial charge in [0, 0.05) is 4.47 Å². The van der Waals surface area contributed by atoms with Gasteiger partial charge in [-0.05, 0) is 28.1 Å². The molecule has 1 aliphatic heterocycles. The lowest BCUT2D eigenvalue weighted by atomic mass is 10.1. The molecule has 2 N–H and O–H groups in total. The molecule has 1 aromatic rings. The second-order valence-corrected chi connectivity index (χ2v) is 3.40. The zero-order chi connectivity index (χ0) is 8.72. The molecule has 0 unspecified atom stereocenters. The number of halogens is 1. The Morgan fingerprint density at radius 3 is 3.00 bits per heavy atom. The third kappa shape index (κ3) is 0.914. The van der Waals surface area contributed by atoms with Gasteiger partial charge >= 0.3 is 0 Å². The summed E-state index contributed by atoms with van der Waals surface area (Å²) >= 11 is 3.24. The van der Waals surface area contributed by atoms with Gasteiger partial charge in [-0.25, -0.2) is 0 Å². The molecule has 0 bridgehead atoms. The van der Waals surface area contributed by atoms with Crippen molar-refractivity contribution >= 4 is 27.4 Å². The van der Waals surface area contributed by atoms with Gasteiger partial charge in [-0.2, -0.15) is 0 Å². The van der Waals surface area contributed by atoms with Gasteiger partial charge < -0.3 is 10.5 Å². The first-order chi connectivity index (χ1) is 5.70. The van der Waals surface area contributed by atoms with Crippen LogP contribution in [0.25, 0.3) is 0 Å². The van der Waals surface area contributed by atoms with Crippen molar-refractivity contribution in [3.8, 4) is 5.75 Å². The number of ketones is 1. The van der Waals surface area contributed by atoms with E-state index in [-0.39, 0.29) is 12.4 Å². The predicted octanol–water partition coefficient (Wildman–Crippen LogP) is 1.61. The van der Waals surface area contributed by atoms with Gasteiger partial charge in [-0.15, -0.1) is 0 Å². The van der Waals surface area contributed by atoms with Crippen molar-refractivity contribution in [1.82, 2.24) is 0 Å². The smallest absolute Gasteiger partial charge is 0.206 e. The van der Waals surface area contributed by atoms with Crippen LogP contribution in [0, 0.1) is 0 Å². The maximum absolute atomic E-state index is 11.2. The fourth-order valence-electron chi connectivity index (χ4n) is 1.20. The summed E-state index contributed by atoms with van der Waals surface area (Å²) in [7, 11) is 0. The molecule has 0 saturated carbocycles. The zero-order valence-electron chi connectivity index (χ0n) is 6.13. The van der Waals surface area contributed by atoms with E-state index in [1.165, 1.54) is 0 Å². The standard InChI is InChI=1S/C8H6BrNO2/c9-4-1-2-6-7(8(4)10)5(11)3-12-6/h1-2H,3,10H2. The van der Waals surface area contributed by atoms with Gasteiger partial charge in [0.15, 0.2) is 6.61 Å². The Bertz CT molecular complexity index is 362. The maximum Gasteiger partial charge on any atom is 0.206 e. The first-order valence-corrected chi connectivity index (χ1v) is 4.23. The molecule has 4 heteroatoms. The second kappa shape index (κ2) is 2.48. The van der Waals surface area contributed by atoms with Crippen LogP contribution in [0.5, 0.6) is 5.75 Å². The van der Waals surface area contributed by atoms with E-state index in [1.807, 2.05) is 0 Å². The number of rotatable bonds is 0. The summed E-state index contributed by atoms with van der Waals surface area (Å²) in [6, 6.07) is 3.51. The van der Waals surface area contributed by atoms with E-state index in [9.17, 15) is 4.79 Å².